The minimum Gasteiger partial charge on any atom is -0.330 e. The van der Waals surface area contributed by atoms with E-state index in [1.807, 2.05) is 0 Å². The fourth-order valence-electron chi connectivity index (χ4n) is 1.33. The van der Waals surface area contributed by atoms with E-state index < -0.39 is 21.9 Å². The minimum atomic E-state index is -4.55. The Bertz CT molecular complexity index is 365. The third kappa shape index (κ3) is 3.30. The van der Waals surface area contributed by atoms with Gasteiger partial charge in [-0.2, -0.15) is 30.6 Å². The lowest BCUT2D eigenvalue weighted by Gasteiger charge is -2.24. The molecule has 0 aromatic heterocycles. The van der Waals surface area contributed by atoms with E-state index in [1.54, 1.807) is 4.72 Å². The van der Waals surface area contributed by atoms with Crippen molar-refractivity contribution in [3.8, 4) is 0 Å². The van der Waals surface area contributed by atoms with E-state index >= 15 is 0 Å². The zero-order valence-corrected chi connectivity index (χ0v) is 10.2. The van der Waals surface area contributed by atoms with Gasteiger partial charge in [-0.3, -0.25) is 0 Å². The van der Waals surface area contributed by atoms with E-state index in [0.29, 0.717) is 6.42 Å². The second kappa shape index (κ2) is 4.71. The summed E-state index contributed by atoms with van der Waals surface area (Å²) in [4.78, 5) is 0. The summed E-state index contributed by atoms with van der Waals surface area (Å²) in [6, 6.07) is 0. The molecular weight excluding hydrogens is 259 g/mol. The summed E-state index contributed by atoms with van der Waals surface area (Å²) in [5.74, 6) is 0. The lowest BCUT2D eigenvalue weighted by atomic mass is 10.3. The van der Waals surface area contributed by atoms with Gasteiger partial charge in [-0.15, -0.1) is 0 Å². The highest BCUT2D eigenvalue weighted by molar-refractivity contribution is 7.87. The van der Waals surface area contributed by atoms with Gasteiger partial charge in [0.25, 0.3) is 10.2 Å². The van der Waals surface area contributed by atoms with Crippen molar-refractivity contribution in [1.29, 1.82) is 0 Å². The summed E-state index contributed by atoms with van der Waals surface area (Å²) in [5.41, 5.74) is 2.95. The summed E-state index contributed by atoms with van der Waals surface area (Å²) >= 11 is 0. The van der Waals surface area contributed by atoms with Crippen molar-refractivity contribution in [2.24, 2.45) is 5.73 Å². The predicted molar refractivity (Wildman–Crippen MR) is 56.4 cm³/mol. The van der Waals surface area contributed by atoms with E-state index in [0.717, 1.165) is 4.31 Å². The average Bonchev–Trinajstić information content (AvgIpc) is 2.93. The van der Waals surface area contributed by atoms with Crippen molar-refractivity contribution < 1.29 is 21.6 Å². The van der Waals surface area contributed by atoms with Gasteiger partial charge in [0.1, 0.15) is 5.54 Å². The first-order valence-electron chi connectivity index (χ1n) is 5.17. The van der Waals surface area contributed by atoms with Gasteiger partial charge in [0.2, 0.25) is 0 Å². The maximum atomic E-state index is 12.6. The second-order valence-electron chi connectivity index (χ2n) is 4.15. The van der Waals surface area contributed by atoms with Crippen LogP contribution < -0.4 is 10.5 Å². The molecule has 1 rings (SSSR count). The molecule has 0 aliphatic heterocycles. The van der Waals surface area contributed by atoms with Crippen LogP contribution >= 0.6 is 0 Å². The Morgan fingerprint density at radius 2 is 1.94 bits per heavy atom. The fourth-order valence-corrected chi connectivity index (χ4v) is 2.67. The van der Waals surface area contributed by atoms with Gasteiger partial charge in [-0.05, 0) is 25.8 Å². The smallest absolute Gasteiger partial charge is 0.330 e. The van der Waals surface area contributed by atoms with E-state index in [-0.39, 0.29) is 25.9 Å². The van der Waals surface area contributed by atoms with Crippen LogP contribution in [0, 0.1) is 0 Å². The Morgan fingerprint density at radius 1 is 1.41 bits per heavy atom. The molecule has 1 aliphatic rings. The van der Waals surface area contributed by atoms with Gasteiger partial charge in [-0.1, -0.05) is 0 Å². The number of nitrogens with zero attached hydrogens (tertiary/aromatic N) is 1. The van der Waals surface area contributed by atoms with Crippen molar-refractivity contribution in [2.45, 2.75) is 31.0 Å². The molecule has 0 aromatic carbocycles. The molecule has 0 atom stereocenters. The molecule has 0 bridgehead atoms. The van der Waals surface area contributed by atoms with Gasteiger partial charge in [0.05, 0.1) is 0 Å². The van der Waals surface area contributed by atoms with Gasteiger partial charge in [0, 0.05) is 13.6 Å². The summed E-state index contributed by atoms with van der Waals surface area (Å²) < 4.78 is 63.5. The number of nitrogens with one attached hydrogen (secondary N) is 1. The molecule has 0 radical (unpaired) electrons. The van der Waals surface area contributed by atoms with Gasteiger partial charge < -0.3 is 5.73 Å². The van der Waals surface area contributed by atoms with Crippen molar-refractivity contribution in [2.75, 3.05) is 20.1 Å². The largest absolute Gasteiger partial charge is 0.407 e. The maximum absolute atomic E-state index is 12.6. The number of nitrogens with two attached hydrogens (primary N) is 1. The van der Waals surface area contributed by atoms with Crippen molar-refractivity contribution in [3.05, 3.63) is 0 Å². The van der Waals surface area contributed by atoms with Gasteiger partial charge in [-0.25, -0.2) is 0 Å². The first kappa shape index (κ1) is 14.7. The molecule has 3 N–H and O–H groups in total. The van der Waals surface area contributed by atoms with Gasteiger partial charge >= 0.3 is 6.18 Å². The van der Waals surface area contributed by atoms with Crippen LogP contribution in [0.1, 0.15) is 19.3 Å². The molecular formula is C8H16F3N3O2S. The highest BCUT2D eigenvalue weighted by Gasteiger charge is 2.65. The number of rotatable bonds is 6. The highest BCUT2D eigenvalue weighted by atomic mass is 32.2. The second-order valence-corrected chi connectivity index (χ2v) is 5.93. The zero-order chi connectivity index (χ0) is 13.3. The number of halogens is 3. The molecule has 0 heterocycles. The van der Waals surface area contributed by atoms with Crippen LogP contribution in [-0.2, 0) is 10.2 Å². The third-order valence-corrected chi connectivity index (χ3v) is 4.36. The predicted octanol–water partition coefficient (Wildman–Crippen LogP) is 0.196. The standard InChI is InChI=1S/C8H16F3N3O2S/c1-14(6-2-5-12)17(15,16)13-7(3-4-7)8(9,10)11/h13H,2-6,12H2,1H3. The fraction of sp³-hybridized carbons (Fsp3) is 1.00. The molecule has 102 valence electrons. The van der Waals surface area contributed by atoms with Crippen LogP contribution in [0.2, 0.25) is 0 Å². The molecule has 17 heavy (non-hydrogen) atoms. The molecule has 1 fully saturated rings. The topological polar surface area (TPSA) is 75.4 Å². The molecule has 0 amide bonds. The molecule has 0 saturated heterocycles. The summed E-state index contributed by atoms with van der Waals surface area (Å²) in [5, 5.41) is 0. The van der Waals surface area contributed by atoms with Crippen LogP contribution in [0.25, 0.3) is 0 Å². The van der Waals surface area contributed by atoms with Crippen molar-refractivity contribution in [3.63, 3.8) is 0 Å². The van der Waals surface area contributed by atoms with Crippen molar-refractivity contribution in [1.82, 2.24) is 9.03 Å². The molecule has 5 nitrogen and oxygen atoms in total. The van der Waals surface area contributed by atoms with Crippen LogP contribution in [0.15, 0.2) is 0 Å². The van der Waals surface area contributed by atoms with Crippen molar-refractivity contribution >= 4 is 10.2 Å². The summed E-state index contributed by atoms with van der Waals surface area (Å²) in [7, 11) is -2.88. The first-order chi connectivity index (χ1) is 7.65. The number of alkyl halides is 3. The number of hydrogen-bond acceptors (Lipinski definition) is 3. The number of hydrogen-bond donors (Lipinski definition) is 2. The normalized spacial score (nSPS) is 19.6. The quantitative estimate of drug-likeness (QED) is 0.727. The maximum Gasteiger partial charge on any atom is 0.407 e. The molecule has 1 saturated carbocycles. The molecule has 0 spiro atoms. The summed E-state index contributed by atoms with van der Waals surface area (Å²) in [6.07, 6.45) is -4.56. The van der Waals surface area contributed by atoms with Crippen LogP contribution in [0.5, 0.6) is 0 Å². The molecule has 0 aromatic rings. The minimum absolute atomic E-state index is 0.0970. The Balaban J connectivity index is 2.68. The molecule has 1 aliphatic carbocycles. The highest BCUT2D eigenvalue weighted by Crippen LogP contribution is 2.49. The molecule has 0 unspecified atom stereocenters. The Morgan fingerprint density at radius 3 is 2.29 bits per heavy atom. The van der Waals surface area contributed by atoms with Crippen LogP contribution in [0.4, 0.5) is 13.2 Å². The first-order valence-corrected chi connectivity index (χ1v) is 6.61. The van der Waals surface area contributed by atoms with E-state index in [4.69, 9.17) is 5.73 Å². The van der Waals surface area contributed by atoms with E-state index in [1.165, 1.54) is 7.05 Å². The van der Waals surface area contributed by atoms with E-state index in [2.05, 4.69) is 0 Å². The zero-order valence-electron chi connectivity index (χ0n) is 9.42. The SMILES string of the molecule is CN(CCCN)S(=O)(=O)NC1(C(F)(F)F)CC1. The Hall–Kier alpha value is -0.380. The Kier molecular flexibility index (Phi) is 4.07. The van der Waals surface area contributed by atoms with Gasteiger partial charge in [0.15, 0.2) is 0 Å². The van der Waals surface area contributed by atoms with Crippen LogP contribution in [-0.4, -0.2) is 44.6 Å². The average molecular weight is 275 g/mol. The molecule has 9 heteroatoms. The lowest BCUT2D eigenvalue weighted by Crippen LogP contribution is -2.52. The summed E-state index contributed by atoms with van der Waals surface area (Å²) in [6.45, 7) is 0.379. The third-order valence-electron chi connectivity index (χ3n) is 2.70. The van der Waals surface area contributed by atoms with Crippen LogP contribution in [0.3, 0.4) is 0 Å². The Labute approximate surface area is 98.3 Å². The lowest BCUT2D eigenvalue weighted by molar-refractivity contribution is -0.161. The monoisotopic (exact) mass is 275 g/mol. The van der Waals surface area contributed by atoms with E-state index in [9.17, 15) is 21.6 Å².